The van der Waals surface area contributed by atoms with Gasteiger partial charge in [-0.3, -0.25) is 9.59 Å². The monoisotopic (exact) mass is 387 g/mol. The van der Waals surface area contributed by atoms with Crippen LogP contribution in [0.1, 0.15) is 46.0 Å². The van der Waals surface area contributed by atoms with Crippen molar-refractivity contribution in [1.82, 2.24) is 4.90 Å². The molecule has 6 heteroatoms. The molecule has 2 fully saturated rings. The Labute approximate surface area is 167 Å². The van der Waals surface area contributed by atoms with Crippen LogP contribution in [-0.2, 0) is 9.59 Å². The lowest BCUT2D eigenvalue weighted by atomic mass is 9.65. The van der Waals surface area contributed by atoms with Crippen LogP contribution in [0.25, 0.3) is 0 Å². The number of fused-ring (bicyclic) bond motifs is 2. The number of nitrogens with two attached hydrogens (primary N) is 1. The first-order valence-electron chi connectivity index (χ1n) is 10.6. The van der Waals surface area contributed by atoms with E-state index in [0.717, 1.165) is 25.7 Å². The summed E-state index contributed by atoms with van der Waals surface area (Å²) >= 11 is 0. The number of nitrogens with one attached hydrogen (secondary N) is 1. The smallest absolute Gasteiger partial charge is 0.260 e. The van der Waals surface area contributed by atoms with Gasteiger partial charge < -0.3 is 20.7 Å². The third-order valence-electron chi connectivity index (χ3n) is 6.36. The van der Waals surface area contributed by atoms with Gasteiger partial charge in [-0.15, -0.1) is 0 Å². The largest absolute Gasteiger partial charge is 0.484 e. The van der Waals surface area contributed by atoms with Crippen LogP contribution in [0.5, 0.6) is 5.75 Å². The molecule has 28 heavy (non-hydrogen) atoms. The van der Waals surface area contributed by atoms with Gasteiger partial charge in [0.05, 0.1) is 0 Å². The van der Waals surface area contributed by atoms with Gasteiger partial charge in [-0.05, 0) is 63.5 Å². The molecular weight excluding hydrogens is 354 g/mol. The highest BCUT2D eigenvalue weighted by molar-refractivity contribution is 5.92. The van der Waals surface area contributed by atoms with E-state index in [0.29, 0.717) is 36.4 Å². The summed E-state index contributed by atoms with van der Waals surface area (Å²) in [6.45, 7) is 5.24. The van der Waals surface area contributed by atoms with Gasteiger partial charge in [-0.25, -0.2) is 0 Å². The fourth-order valence-electron chi connectivity index (χ4n) is 4.72. The van der Waals surface area contributed by atoms with Gasteiger partial charge in [-0.1, -0.05) is 12.5 Å². The summed E-state index contributed by atoms with van der Waals surface area (Å²) in [7, 11) is 0. The van der Waals surface area contributed by atoms with Crippen LogP contribution in [0, 0.1) is 17.8 Å². The molecule has 3 N–H and O–H groups in total. The molecule has 1 aromatic carbocycles. The molecule has 6 nitrogen and oxygen atoms in total. The highest BCUT2D eigenvalue weighted by atomic mass is 16.5. The normalized spacial score (nSPS) is 26.4. The van der Waals surface area contributed by atoms with Crippen LogP contribution in [0.4, 0.5) is 5.69 Å². The van der Waals surface area contributed by atoms with E-state index in [1.807, 2.05) is 26.0 Å². The van der Waals surface area contributed by atoms with E-state index in [-0.39, 0.29) is 30.4 Å². The number of amides is 2. The highest BCUT2D eigenvalue weighted by Crippen LogP contribution is 2.42. The highest BCUT2D eigenvalue weighted by Gasteiger charge is 2.40. The van der Waals surface area contributed by atoms with Crippen LogP contribution in [0.3, 0.4) is 0 Å². The molecule has 0 saturated heterocycles. The maximum absolute atomic E-state index is 12.8. The van der Waals surface area contributed by atoms with E-state index >= 15 is 0 Å². The molecule has 0 spiro atoms. The van der Waals surface area contributed by atoms with Crippen LogP contribution >= 0.6 is 0 Å². The minimum atomic E-state index is -0.0375. The lowest BCUT2D eigenvalue weighted by Gasteiger charge is -2.43. The third kappa shape index (κ3) is 4.85. The minimum absolute atomic E-state index is 0.00293. The van der Waals surface area contributed by atoms with Crippen molar-refractivity contribution in [3.05, 3.63) is 24.3 Å². The molecule has 154 valence electrons. The average molecular weight is 388 g/mol. The summed E-state index contributed by atoms with van der Waals surface area (Å²) in [5.74, 6) is 1.60. The van der Waals surface area contributed by atoms with Crippen LogP contribution in [0.2, 0.25) is 0 Å². The quantitative estimate of drug-likeness (QED) is 0.753. The van der Waals surface area contributed by atoms with Crippen molar-refractivity contribution in [2.24, 2.45) is 23.5 Å². The molecule has 0 aliphatic heterocycles. The SMILES string of the molecule is CCN(CC)C(=O)COc1cccc(NC(=O)C2CC3CCCC(C2)C3N)c1. The average Bonchev–Trinajstić information content (AvgIpc) is 2.67. The number of likely N-dealkylation sites (N-methyl/N-ethyl adjacent to an activating group) is 1. The number of anilines is 1. The fourth-order valence-corrected chi connectivity index (χ4v) is 4.72. The van der Waals surface area contributed by atoms with Crippen LogP contribution in [0.15, 0.2) is 24.3 Å². The summed E-state index contributed by atoms with van der Waals surface area (Å²) < 4.78 is 5.64. The van der Waals surface area contributed by atoms with Gasteiger partial charge in [0, 0.05) is 36.8 Å². The number of ether oxygens (including phenoxy) is 1. The summed E-state index contributed by atoms with van der Waals surface area (Å²) in [6, 6.07) is 7.53. The first-order chi connectivity index (χ1) is 13.5. The van der Waals surface area contributed by atoms with E-state index < -0.39 is 0 Å². The molecule has 2 atom stereocenters. The Bertz CT molecular complexity index is 675. The van der Waals surface area contributed by atoms with Crippen LogP contribution in [-0.4, -0.2) is 42.5 Å². The summed E-state index contributed by atoms with van der Waals surface area (Å²) in [5.41, 5.74) is 7.05. The van der Waals surface area contributed by atoms with Gasteiger partial charge in [-0.2, -0.15) is 0 Å². The molecule has 2 aliphatic rings. The first-order valence-corrected chi connectivity index (χ1v) is 10.6. The first kappa shape index (κ1) is 20.6. The van der Waals surface area contributed by atoms with Crippen molar-refractivity contribution in [2.75, 3.05) is 25.0 Å². The molecule has 2 unspecified atom stereocenters. The zero-order valence-electron chi connectivity index (χ0n) is 17.0. The standard InChI is InChI=1S/C22H33N3O3/c1-3-25(4-2)20(26)14-28-19-10-6-9-18(13-19)24-22(27)17-11-15-7-5-8-16(12-17)21(15)23/h6,9-10,13,15-17,21H,3-5,7-8,11-12,14,23H2,1-2H3,(H,24,27). The number of hydrogen-bond donors (Lipinski definition) is 2. The molecule has 0 aromatic heterocycles. The Morgan fingerprint density at radius 3 is 2.50 bits per heavy atom. The fraction of sp³-hybridized carbons (Fsp3) is 0.636. The van der Waals surface area contributed by atoms with Crippen molar-refractivity contribution >= 4 is 17.5 Å². The number of carbonyl (C=O) groups is 2. The molecular formula is C22H33N3O3. The molecule has 2 aliphatic carbocycles. The van der Waals surface area contributed by atoms with E-state index in [1.165, 1.54) is 6.42 Å². The van der Waals surface area contributed by atoms with Crippen molar-refractivity contribution < 1.29 is 14.3 Å². The van der Waals surface area contributed by atoms with E-state index in [4.69, 9.17) is 10.5 Å². The lowest BCUT2D eigenvalue weighted by Crippen LogP contribution is -2.48. The van der Waals surface area contributed by atoms with Gasteiger partial charge in [0.25, 0.3) is 5.91 Å². The molecule has 1 aromatic rings. The number of benzene rings is 1. The molecule has 0 heterocycles. The maximum Gasteiger partial charge on any atom is 0.260 e. The molecule has 0 radical (unpaired) electrons. The Morgan fingerprint density at radius 2 is 1.86 bits per heavy atom. The van der Waals surface area contributed by atoms with Gasteiger partial charge in [0.1, 0.15) is 5.75 Å². The number of nitrogens with zero attached hydrogens (tertiary/aromatic N) is 1. The second kappa shape index (κ2) is 9.41. The van der Waals surface area contributed by atoms with Crippen molar-refractivity contribution in [3.8, 4) is 5.75 Å². The van der Waals surface area contributed by atoms with Crippen molar-refractivity contribution in [2.45, 2.75) is 52.0 Å². The predicted molar refractivity (Wildman–Crippen MR) is 110 cm³/mol. The predicted octanol–water partition coefficient (Wildman–Crippen LogP) is 3.03. The Hall–Kier alpha value is -2.08. The van der Waals surface area contributed by atoms with Crippen molar-refractivity contribution in [1.29, 1.82) is 0 Å². The lowest BCUT2D eigenvalue weighted by molar-refractivity contribution is -0.133. The van der Waals surface area contributed by atoms with Gasteiger partial charge in [0.15, 0.2) is 6.61 Å². The molecule has 3 rings (SSSR count). The van der Waals surface area contributed by atoms with Gasteiger partial charge in [0.2, 0.25) is 5.91 Å². The zero-order valence-corrected chi connectivity index (χ0v) is 17.0. The van der Waals surface area contributed by atoms with E-state index in [9.17, 15) is 9.59 Å². The Balaban J connectivity index is 1.55. The van der Waals surface area contributed by atoms with Gasteiger partial charge >= 0.3 is 0 Å². The number of rotatable bonds is 7. The van der Waals surface area contributed by atoms with E-state index in [1.54, 1.807) is 17.0 Å². The topological polar surface area (TPSA) is 84.7 Å². The minimum Gasteiger partial charge on any atom is -0.484 e. The van der Waals surface area contributed by atoms with E-state index in [2.05, 4.69) is 5.32 Å². The van der Waals surface area contributed by atoms with Crippen LogP contribution < -0.4 is 15.8 Å². The number of carbonyl (C=O) groups excluding carboxylic acids is 2. The summed E-state index contributed by atoms with van der Waals surface area (Å²) in [5, 5.41) is 3.03. The maximum atomic E-state index is 12.8. The molecule has 2 saturated carbocycles. The molecule has 2 bridgehead atoms. The summed E-state index contributed by atoms with van der Waals surface area (Å²) in [4.78, 5) is 26.6. The second-order valence-electron chi connectivity index (χ2n) is 8.07. The zero-order chi connectivity index (χ0) is 20.1. The molecule has 2 amide bonds. The van der Waals surface area contributed by atoms with Crippen molar-refractivity contribution in [3.63, 3.8) is 0 Å². The Kier molecular flexibility index (Phi) is 6.94. The number of hydrogen-bond acceptors (Lipinski definition) is 4. The Morgan fingerprint density at radius 1 is 1.18 bits per heavy atom. The third-order valence-corrected chi connectivity index (χ3v) is 6.36. The summed E-state index contributed by atoms with van der Waals surface area (Å²) in [6.07, 6.45) is 5.30. The second-order valence-corrected chi connectivity index (χ2v) is 8.07.